The smallest absolute Gasteiger partial charge is 0.332 e. The van der Waals surface area contributed by atoms with E-state index in [0.717, 1.165) is 0 Å². The van der Waals surface area contributed by atoms with Crippen LogP contribution in [-0.2, 0) is 47.6 Å². The highest BCUT2D eigenvalue weighted by Gasteiger charge is 2.13. The van der Waals surface area contributed by atoms with Crippen LogP contribution in [-0.4, -0.2) is 127 Å². The second-order valence-electron chi connectivity index (χ2n) is 6.28. The van der Waals surface area contributed by atoms with E-state index in [1.807, 2.05) is 0 Å². The van der Waals surface area contributed by atoms with Crippen molar-refractivity contribution < 1.29 is 47.6 Å². The first kappa shape index (κ1) is 25.8. The predicted octanol–water partition coefficient (Wildman–Crippen LogP) is -1.93. The van der Waals surface area contributed by atoms with Crippen molar-refractivity contribution in [2.45, 2.75) is 0 Å². The molecule has 0 aliphatic carbocycles. The van der Waals surface area contributed by atoms with Crippen molar-refractivity contribution in [1.29, 1.82) is 0 Å². The fourth-order valence-electron chi connectivity index (χ4n) is 2.03. The van der Waals surface area contributed by atoms with Gasteiger partial charge in [0.2, 0.25) is 11.8 Å². The Morgan fingerprint density at radius 2 is 0.933 bits per heavy atom. The molecule has 2 amide bonds. The van der Waals surface area contributed by atoms with E-state index < -0.39 is 11.9 Å². The zero-order valence-corrected chi connectivity index (χ0v) is 17.5. The number of esters is 2. The van der Waals surface area contributed by atoms with E-state index in [0.29, 0.717) is 13.1 Å². The molecule has 12 heteroatoms. The SMILES string of the molecule is CN1CCOCCN(C)C(=O)COCC(=O)OCCOCCOC(=O)COCC1=O. The Hall–Kier alpha value is -2.28. The van der Waals surface area contributed by atoms with E-state index in [1.165, 1.54) is 9.80 Å². The van der Waals surface area contributed by atoms with Gasteiger partial charge in [-0.1, -0.05) is 0 Å². The number of carbonyl (C=O) groups excluding carboxylic acids is 4. The van der Waals surface area contributed by atoms with Crippen molar-refractivity contribution >= 4 is 23.8 Å². The summed E-state index contributed by atoms with van der Waals surface area (Å²) in [6.45, 7) is 0.200. The quantitative estimate of drug-likeness (QED) is 0.397. The van der Waals surface area contributed by atoms with E-state index in [1.54, 1.807) is 14.1 Å². The Balaban J connectivity index is 2.43. The molecule has 172 valence electrons. The molecular weight excluding hydrogens is 404 g/mol. The normalized spacial score (nSPS) is 21.5. The summed E-state index contributed by atoms with van der Waals surface area (Å²) in [5.41, 5.74) is 0. The van der Waals surface area contributed by atoms with E-state index in [2.05, 4.69) is 0 Å². The van der Waals surface area contributed by atoms with Crippen molar-refractivity contribution in [2.24, 2.45) is 0 Å². The van der Waals surface area contributed by atoms with Crippen LogP contribution in [0.4, 0.5) is 0 Å². The van der Waals surface area contributed by atoms with E-state index in [4.69, 9.17) is 28.4 Å². The molecule has 0 N–H and O–H groups in total. The van der Waals surface area contributed by atoms with E-state index in [-0.39, 0.29) is 77.9 Å². The van der Waals surface area contributed by atoms with Gasteiger partial charge in [-0.05, 0) is 0 Å². The molecule has 0 bridgehead atoms. The number of hydrogen-bond donors (Lipinski definition) is 0. The van der Waals surface area contributed by atoms with Crippen molar-refractivity contribution in [2.75, 3.05) is 93.3 Å². The minimum Gasteiger partial charge on any atom is -0.462 e. The largest absolute Gasteiger partial charge is 0.462 e. The summed E-state index contributed by atoms with van der Waals surface area (Å²) in [6, 6.07) is 0. The van der Waals surface area contributed by atoms with Gasteiger partial charge in [0.1, 0.15) is 39.6 Å². The van der Waals surface area contributed by atoms with Gasteiger partial charge in [-0.25, -0.2) is 9.59 Å². The molecule has 0 unspecified atom stereocenters. The van der Waals surface area contributed by atoms with Crippen LogP contribution in [0.2, 0.25) is 0 Å². The second-order valence-corrected chi connectivity index (χ2v) is 6.28. The van der Waals surface area contributed by atoms with Gasteiger partial charge in [-0.2, -0.15) is 0 Å². The molecule has 1 aliphatic heterocycles. The Morgan fingerprint density at radius 1 is 0.533 bits per heavy atom. The maximum Gasteiger partial charge on any atom is 0.332 e. The third-order valence-corrected chi connectivity index (χ3v) is 3.87. The van der Waals surface area contributed by atoms with Gasteiger partial charge in [0.05, 0.1) is 26.4 Å². The summed E-state index contributed by atoms with van der Waals surface area (Å²) in [5, 5.41) is 0. The molecule has 1 rings (SSSR count). The van der Waals surface area contributed by atoms with Crippen molar-refractivity contribution in [3.8, 4) is 0 Å². The summed E-state index contributed by atoms with van der Waals surface area (Å²) >= 11 is 0. The van der Waals surface area contributed by atoms with Crippen LogP contribution < -0.4 is 0 Å². The average Bonchev–Trinajstić information content (AvgIpc) is 2.71. The number of cyclic esters (lactones) is 2. The van der Waals surface area contributed by atoms with Crippen LogP contribution in [0.15, 0.2) is 0 Å². The van der Waals surface area contributed by atoms with Gasteiger partial charge in [0.15, 0.2) is 0 Å². The first-order valence-electron chi connectivity index (χ1n) is 9.50. The van der Waals surface area contributed by atoms with Crippen molar-refractivity contribution in [3.63, 3.8) is 0 Å². The predicted molar refractivity (Wildman–Crippen MR) is 100 cm³/mol. The lowest BCUT2D eigenvalue weighted by Gasteiger charge is -2.19. The van der Waals surface area contributed by atoms with Gasteiger partial charge >= 0.3 is 11.9 Å². The highest BCUT2D eigenvalue weighted by molar-refractivity contribution is 5.78. The highest BCUT2D eigenvalue weighted by atomic mass is 16.6. The molecular formula is C18H30N2O10. The number of ether oxygens (including phenoxy) is 6. The lowest BCUT2D eigenvalue weighted by molar-refractivity contribution is -0.153. The fraction of sp³-hybridized carbons (Fsp3) is 0.778. The molecule has 0 saturated carbocycles. The van der Waals surface area contributed by atoms with Crippen LogP contribution >= 0.6 is 0 Å². The number of likely N-dealkylation sites (N-methyl/N-ethyl adjacent to an activating group) is 2. The number of carbonyl (C=O) groups is 4. The molecule has 12 nitrogen and oxygen atoms in total. The van der Waals surface area contributed by atoms with Crippen molar-refractivity contribution in [3.05, 3.63) is 0 Å². The molecule has 30 heavy (non-hydrogen) atoms. The maximum atomic E-state index is 11.9. The average molecular weight is 434 g/mol. The Morgan fingerprint density at radius 3 is 1.37 bits per heavy atom. The van der Waals surface area contributed by atoms with Crippen LogP contribution in [0.3, 0.4) is 0 Å². The summed E-state index contributed by atoms with van der Waals surface area (Å²) < 4.78 is 30.4. The van der Waals surface area contributed by atoms with E-state index in [9.17, 15) is 19.2 Å². The lowest BCUT2D eigenvalue weighted by atomic mass is 10.5. The number of nitrogens with zero attached hydrogens (tertiary/aromatic N) is 2. The monoisotopic (exact) mass is 434 g/mol. The summed E-state index contributed by atoms with van der Waals surface area (Å²) in [5.74, 6) is -1.84. The third kappa shape index (κ3) is 12.3. The van der Waals surface area contributed by atoms with Gasteiger partial charge in [0.25, 0.3) is 0 Å². The highest BCUT2D eigenvalue weighted by Crippen LogP contribution is 1.93. The second kappa shape index (κ2) is 15.5. The first-order chi connectivity index (χ1) is 14.4. The molecule has 1 heterocycles. The van der Waals surface area contributed by atoms with Crippen LogP contribution in [0.1, 0.15) is 0 Å². The first-order valence-corrected chi connectivity index (χ1v) is 9.50. The standard InChI is InChI=1S/C18H30N2O10/c1-19-3-5-25-6-4-20(2)16(22)12-28-14-18(24)30-10-8-26-7-9-29-17(23)13-27-11-15(19)21/h3-14H2,1-2H3. The zero-order chi connectivity index (χ0) is 22.2. The van der Waals surface area contributed by atoms with Crippen LogP contribution in [0.25, 0.3) is 0 Å². The third-order valence-electron chi connectivity index (χ3n) is 3.87. The zero-order valence-electron chi connectivity index (χ0n) is 17.5. The van der Waals surface area contributed by atoms with Crippen LogP contribution in [0, 0.1) is 0 Å². The molecule has 1 saturated heterocycles. The van der Waals surface area contributed by atoms with Crippen LogP contribution in [0.5, 0.6) is 0 Å². The van der Waals surface area contributed by atoms with Gasteiger partial charge in [0, 0.05) is 27.2 Å². The number of hydrogen-bond acceptors (Lipinski definition) is 10. The fourth-order valence-corrected chi connectivity index (χ4v) is 2.03. The molecule has 0 radical (unpaired) electrons. The Bertz CT molecular complexity index is 511. The molecule has 0 atom stereocenters. The molecule has 1 aliphatic rings. The summed E-state index contributed by atoms with van der Waals surface area (Å²) in [6.07, 6.45) is 0. The topological polar surface area (TPSA) is 130 Å². The molecule has 0 spiro atoms. The minimum absolute atomic E-state index is 0.0000677. The van der Waals surface area contributed by atoms with Gasteiger partial charge in [-0.3, -0.25) is 9.59 Å². The maximum absolute atomic E-state index is 11.9. The summed E-state index contributed by atoms with van der Waals surface area (Å²) in [7, 11) is 3.18. The molecule has 1 fully saturated rings. The van der Waals surface area contributed by atoms with Gasteiger partial charge in [-0.15, -0.1) is 0 Å². The summed E-state index contributed by atoms with van der Waals surface area (Å²) in [4.78, 5) is 49.7. The number of amides is 2. The number of rotatable bonds is 0. The van der Waals surface area contributed by atoms with Gasteiger partial charge < -0.3 is 38.2 Å². The molecule has 0 aromatic heterocycles. The molecule has 0 aromatic carbocycles. The molecule has 0 aromatic rings. The lowest BCUT2D eigenvalue weighted by Crippen LogP contribution is -2.36. The van der Waals surface area contributed by atoms with E-state index >= 15 is 0 Å². The van der Waals surface area contributed by atoms with Crippen molar-refractivity contribution in [1.82, 2.24) is 9.80 Å². The Labute approximate surface area is 175 Å². The Kier molecular flexibility index (Phi) is 13.3. The minimum atomic E-state index is -0.617.